The molecule has 0 spiro atoms. The molecule has 2 nitrogen and oxygen atoms in total. The van der Waals surface area contributed by atoms with E-state index in [1.54, 1.807) is 24.3 Å². The lowest BCUT2D eigenvalue weighted by Crippen LogP contribution is -2.15. The molecule has 2 aromatic rings. The molecule has 0 fully saturated rings. The number of rotatable bonds is 4. The van der Waals surface area contributed by atoms with Crippen molar-refractivity contribution < 1.29 is 9.18 Å². The van der Waals surface area contributed by atoms with Gasteiger partial charge in [-0.3, -0.25) is 4.79 Å². The van der Waals surface area contributed by atoms with Crippen molar-refractivity contribution in [3.8, 4) is 11.1 Å². The lowest BCUT2D eigenvalue weighted by atomic mass is 10.0. The summed E-state index contributed by atoms with van der Waals surface area (Å²) in [6.45, 7) is 1.87. The van der Waals surface area contributed by atoms with Gasteiger partial charge in [0.05, 0.1) is 11.1 Å². The van der Waals surface area contributed by atoms with E-state index >= 15 is 0 Å². The lowest BCUT2D eigenvalue weighted by molar-refractivity contribution is -0.110. The highest BCUT2D eigenvalue weighted by Crippen LogP contribution is 2.31. The SMILES string of the molecule is CC(NC=O)c1ccc(-c2c(F)cccc2Cl)cc1. The summed E-state index contributed by atoms with van der Waals surface area (Å²) < 4.78 is 13.8. The minimum atomic E-state index is -0.348. The van der Waals surface area contributed by atoms with Crippen LogP contribution in [0.4, 0.5) is 4.39 Å². The number of halogens is 2. The number of hydrogen-bond donors (Lipinski definition) is 1. The largest absolute Gasteiger partial charge is 0.352 e. The fourth-order valence-corrected chi connectivity index (χ4v) is 2.18. The second-order valence-electron chi connectivity index (χ2n) is 4.22. The van der Waals surface area contributed by atoms with Crippen LogP contribution in [0.5, 0.6) is 0 Å². The Hall–Kier alpha value is -1.87. The molecule has 0 aliphatic rings. The van der Waals surface area contributed by atoms with Crippen molar-refractivity contribution in [1.29, 1.82) is 0 Å². The monoisotopic (exact) mass is 277 g/mol. The van der Waals surface area contributed by atoms with Crippen molar-refractivity contribution in [3.63, 3.8) is 0 Å². The molecule has 0 heterocycles. The quantitative estimate of drug-likeness (QED) is 0.842. The van der Waals surface area contributed by atoms with Gasteiger partial charge in [-0.2, -0.15) is 0 Å². The zero-order valence-corrected chi connectivity index (χ0v) is 11.1. The Labute approximate surface area is 116 Å². The van der Waals surface area contributed by atoms with Crippen LogP contribution in [-0.4, -0.2) is 6.41 Å². The summed E-state index contributed by atoms with van der Waals surface area (Å²) in [5, 5.41) is 3.04. The van der Waals surface area contributed by atoms with Crippen LogP contribution in [0.15, 0.2) is 42.5 Å². The first-order valence-corrected chi connectivity index (χ1v) is 6.25. The molecule has 1 amide bonds. The second-order valence-corrected chi connectivity index (χ2v) is 4.63. The molecule has 0 saturated carbocycles. The van der Waals surface area contributed by atoms with Gasteiger partial charge >= 0.3 is 0 Å². The van der Waals surface area contributed by atoms with Crippen LogP contribution in [0.25, 0.3) is 11.1 Å². The Morgan fingerprint density at radius 1 is 1.21 bits per heavy atom. The van der Waals surface area contributed by atoms with Crippen molar-refractivity contribution in [2.45, 2.75) is 13.0 Å². The van der Waals surface area contributed by atoms with Crippen molar-refractivity contribution in [2.75, 3.05) is 0 Å². The molecule has 2 aromatic carbocycles. The van der Waals surface area contributed by atoms with Crippen LogP contribution >= 0.6 is 11.6 Å². The van der Waals surface area contributed by atoms with E-state index in [9.17, 15) is 9.18 Å². The number of amides is 1. The molecule has 1 atom stereocenters. The molecule has 1 N–H and O–H groups in total. The van der Waals surface area contributed by atoms with Crippen LogP contribution in [-0.2, 0) is 4.79 Å². The molecule has 0 aromatic heterocycles. The van der Waals surface area contributed by atoms with Gasteiger partial charge < -0.3 is 5.32 Å². The minimum absolute atomic E-state index is 0.0809. The number of hydrogen-bond acceptors (Lipinski definition) is 1. The first-order valence-electron chi connectivity index (χ1n) is 5.87. The smallest absolute Gasteiger partial charge is 0.207 e. The molecular formula is C15H13ClFNO. The van der Waals surface area contributed by atoms with E-state index in [2.05, 4.69) is 5.32 Å². The van der Waals surface area contributed by atoms with E-state index < -0.39 is 0 Å². The molecule has 2 rings (SSSR count). The highest BCUT2D eigenvalue weighted by atomic mass is 35.5. The molecule has 4 heteroatoms. The number of carbonyl (C=O) groups excluding carboxylic acids is 1. The summed E-state index contributed by atoms with van der Waals surface area (Å²) in [6, 6.07) is 11.8. The zero-order valence-electron chi connectivity index (χ0n) is 10.4. The highest BCUT2D eigenvalue weighted by molar-refractivity contribution is 6.33. The summed E-state index contributed by atoms with van der Waals surface area (Å²) in [5.41, 5.74) is 2.06. The van der Waals surface area contributed by atoms with Crippen LogP contribution < -0.4 is 5.32 Å². The standard InChI is InChI=1S/C15H13ClFNO/c1-10(18-9-19)11-5-7-12(8-6-11)15-13(16)3-2-4-14(15)17/h2-10H,1H3,(H,18,19). The fourth-order valence-electron chi connectivity index (χ4n) is 1.91. The van der Waals surface area contributed by atoms with E-state index in [1.165, 1.54) is 6.07 Å². The van der Waals surface area contributed by atoms with Crippen molar-refractivity contribution >= 4 is 18.0 Å². The van der Waals surface area contributed by atoms with Gasteiger partial charge in [0, 0.05) is 5.56 Å². The number of carbonyl (C=O) groups is 1. The van der Waals surface area contributed by atoms with Crippen LogP contribution in [0.3, 0.4) is 0 Å². The molecule has 0 aliphatic carbocycles. The molecular weight excluding hydrogens is 265 g/mol. The first kappa shape index (κ1) is 13.6. The van der Waals surface area contributed by atoms with Crippen LogP contribution in [0, 0.1) is 5.82 Å². The molecule has 0 bridgehead atoms. The Bertz CT molecular complexity index is 563. The third-order valence-electron chi connectivity index (χ3n) is 2.98. The predicted molar refractivity (Wildman–Crippen MR) is 74.5 cm³/mol. The third-order valence-corrected chi connectivity index (χ3v) is 3.30. The van der Waals surface area contributed by atoms with E-state index in [0.29, 0.717) is 22.6 Å². The maximum absolute atomic E-state index is 13.8. The maximum atomic E-state index is 13.8. The highest BCUT2D eigenvalue weighted by Gasteiger charge is 2.10. The van der Waals surface area contributed by atoms with Gasteiger partial charge in [-0.1, -0.05) is 41.9 Å². The number of benzene rings is 2. The van der Waals surface area contributed by atoms with Crippen molar-refractivity contribution in [3.05, 3.63) is 58.9 Å². The van der Waals surface area contributed by atoms with Gasteiger partial charge in [-0.15, -0.1) is 0 Å². The molecule has 0 saturated heterocycles. The van der Waals surface area contributed by atoms with Gasteiger partial charge in [0.25, 0.3) is 0 Å². The second kappa shape index (κ2) is 5.85. The fraction of sp³-hybridized carbons (Fsp3) is 0.133. The van der Waals surface area contributed by atoms with Gasteiger partial charge in [-0.05, 0) is 30.2 Å². The molecule has 0 radical (unpaired) electrons. The molecule has 98 valence electrons. The average Bonchev–Trinajstić information content (AvgIpc) is 2.39. The topological polar surface area (TPSA) is 29.1 Å². The Morgan fingerprint density at radius 2 is 1.89 bits per heavy atom. The van der Waals surface area contributed by atoms with Crippen molar-refractivity contribution in [1.82, 2.24) is 5.32 Å². The summed E-state index contributed by atoms with van der Waals surface area (Å²) in [5.74, 6) is -0.348. The summed E-state index contributed by atoms with van der Waals surface area (Å²) in [6.07, 6.45) is 0.659. The normalized spacial score (nSPS) is 11.9. The van der Waals surface area contributed by atoms with E-state index in [1.807, 2.05) is 19.1 Å². The zero-order chi connectivity index (χ0) is 13.8. The Morgan fingerprint density at radius 3 is 2.47 bits per heavy atom. The third kappa shape index (κ3) is 2.93. The van der Waals surface area contributed by atoms with E-state index in [4.69, 9.17) is 11.6 Å². The lowest BCUT2D eigenvalue weighted by Gasteiger charge is -2.12. The van der Waals surface area contributed by atoms with E-state index in [-0.39, 0.29) is 11.9 Å². The summed E-state index contributed by atoms with van der Waals surface area (Å²) >= 11 is 6.02. The number of nitrogens with one attached hydrogen (secondary N) is 1. The van der Waals surface area contributed by atoms with Crippen LogP contribution in [0.1, 0.15) is 18.5 Å². The van der Waals surface area contributed by atoms with Gasteiger partial charge in [0.15, 0.2) is 0 Å². The van der Waals surface area contributed by atoms with Crippen molar-refractivity contribution in [2.24, 2.45) is 0 Å². The molecule has 19 heavy (non-hydrogen) atoms. The van der Waals surface area contributed by atoms with Crippen LogP contribution in [0.2, 0.25) is 5.02 Å². The van der Waals surface area contributed by atoms with Gasteiger partial charge in [0.2, 0.25) is 6.41 Å². The molecule has 0 aliphatic heterocycles. The van der Waals surface area contributed by atoms with Gasteiger partial charge in [-0.25, -0.2) is 4.39 Å². The molecule has 1 unspecified atom stereocenters. The van der Waals surface area contributed by atoms with E-state index in [0.717, 1.165) is 5.56 Å². The predicted octanol–water partition coefficient (Wildman–Crippen LogP) is 3.95. The summed E-state index contributed by atoms with van der Waals surface area (Å²) in [7, 11) is 0. The first-order chi connectivity index (χ1) is 9.13. The summed E-state index contributed by atoms with van der Waals surface area (Å²) in [4.78, 5) is 10.4. The Kier molecular flexibility index (Phi) is 4.17. The Balaban J connectivity index is 2.35. The van der Waals surface area contributed by atoms with Gasteiger partial charge in [0.1, 0.15) is 5.82 Å². The minimum Gasteiger partial charge on any atom is -0.352 e. The average molecular weight is 278 g/mol. The maximum Gasteiger partial charge on any atom is 0.207 e.